The van der Waals surface area contributed by atoms with Gasteiger partial charge in [0.05, 0.1) is 5.69 Å². The van der Waals surface area contributed by atoms with Gasteiger partial charge in [-0.3, -0.25) is 9.69 Å². The summed E-state index contributed by atoms with van der Waals surface area (Å²) in [4.78, 5) is 21.9. The Morgan fingerprint density at radius 1 is 1.39 bits per heavy atom. The summed E-state index contributed by atoms with van der Waals surface area (Å²) < 4.78 is 0. The highest BCUT2D eigenvalue weighted by Crippen LogP contribution is 2.23. The zero-order valence-corrected chi connectivity index (χ0v) is 13.7. The number of H-pyrrole nitrogens is 1. The standard InChI is InChI=1S/C18H23N3O2/c1-3-4-17-19-15-11-21(8-7-14(15)18(23)20-17)10-13-9-12(2)5-6-16(13)22/h5-6,9,22H,3-4,7-8,10-11H2,1-2H3,(H,19,20,23). The zero-order chi connectivity index (χ0) is 16.4. The molecule has 0 saturated heterocycles. The summed E-state index contributed by atoms with van der Waals surface area (Å²) in [5, 5.41) is 10.0. The minimum absolute atomic E-state index is 0.0107. The van der Waals surface area contributed by atoms with Crippen molar-refractivity contribution >= 4 is 0 Å². The average Bonchev–Trinajstić information content (AvgIpc) is 2.51. The third-order valence-corrected chi connectivity index (χ3v) is 4.32. The van der Waals surface area contributed by atoms with Crippen LogP contribution in [0.4, 0.5) is 0 Å². The molecule has 2 aromatic rings. The number of hydrogen-bond donors (Lipinski definition) is 2. The van der Waals surface area contributed by atoms with Crippen LogP contribution in [0.2, 0.25) is 0 Å². The van der Waals surface area contributed by atoms with E-state index in [1.165, 1.54) is 0 Å². The van der Waals surface area contributed by atoms with E-state index in [1.807, 2.05) is 19.1 Å². The smallest absolute Gasteiger partial charge is 0.254 e. The number of benzene rings is 1. The number of phenolic OH excluding ortho intramolecular Hbond substituents is 1. The third kappa shape index (κ3) is 3.45. The maximum Gasteiger partial charge on any atom is 0.254 e. The molecule has 0 saturated carbocycles. The molecule has 3 rings (SSSR count). The lowest BCUT2D eigenvalue weighted by Gasteiger charge is -2.28. The number of hydrogen-bond acceptors (Lipinski definition) is 4. The molecule has 2 N–H and O–H groups in total. The molecule has 0 bridgehead atoms. The van der Waals surface area contributed by atoms with Crippen LogP contribution >= 0.6 is 0 Å². The molecule has 0 unspecified atom stereocenters. The predicted octanol–water partition coefficient (Wildman–Crippen LogP) is 2.29. The first-order chi connectivity index (χ1) is 11.1. The van der Waals surface area contributed by atoms with Crippen LogP contribution in [0.25, 0.3) is 0 Å². The van der Waals surface area contributed by atoms with E-state index in [0.717, 1.165) is 47.6 Å². The first-order valence-corrected chi connectivity index (χ1v) is 8.18. The second-order valence-electron chi connectivity index (χ2n) is 6.28. The van der Waals surface area contributed by atoms with Gasteiger partial charge >= 0.3 is 0 Å². The van der Waals surface area contributed by atoms with Gasteiger partial charge in [0, 0.05) is 37.2 Å². The van der Waals surface area contributed by atoms with Crippen molar-refractivity contribution in [1.82, 2.24) is 14.9 Å². The van der Waals surface area contributed by atoms with E-state index in [1.54, 1.807) is 6.07 Å². The number of aromatic hydroxyl groups is 1. The Balaban J connectivity index is 1.82. The van der Waals surface area contributed by atoms with Crippen molar-refractivity contribution in [2.24, 2.45) is 0 Å². The lowest BCUT2D eigenvalue weighted by molar-refractivity contribution is 0.237. The second-order valence-corrected chi connectivity index (χ2v) is 6.28. The van der Waals surface area contributed by atoms with Gasteiger partial charge in [0.25, 0.3) is 5.56 Å². The molecule has 5 nitrogen and oxygen atoms in total. The molecule has 0 radical (unpaired) electrons. The van der Waals surface area contributed by atoms with Crippen LogP contribution in [0, 0.1) is 6.92 Å². The largest absolute Gasteiger partial charge is 0.508 e. The summed E-state index contributed by atoms with van der Waals surface area (Å²) >= 11 is 0. The Kier molecular flexibility index (Phi) is 4.48. The first kappa shape index (κ1) is 15.7. The lowest BCUT2D eigenvalue weighted by Crippen LogP contribution is -2.35. The first-order valence-electron chi connectivity index (χ1n) is 8.18. The number of phenols is 1. The predicted molar refractivity (Wildman–Crippen MR) is 89.5 cm³/mol. The van der Waals surface area contributed by atoms with Crippen molar-refractivity contribution in [3.8, 4) is 5.75 Å². The summed E-state index contributed by atoms with van der Waals surface area (Å²) in [7, 11) is 0. The van der Waals surface area contributed by atoms with E-state index < -0.39 is 0 Å². The molecule has 0 amide bonds. The summed E-state index contributed by atoms with van der Waals surface area (Å²) in [6, 6.07) is 5.66. The van der Waals surface area contributed by atoms with E-state index in [-0.39, 0.29) is 5.56 Å². The van der Waals surface area contributed by atoms with Crippen LogP contribution in [0.5, 0.6) is 5.75 Å². The minimum Gasteiger partial charge on any atom is -0.508 e. The quantitative estimate of drug-likeness (QED) is 0.909. The number of nitrogens with one attached hydrogen (secondary N) is 1. The van der Waals surface area contributed by atoms with Gasteiger partial charge < -0.3 is 10.1 Å². The van der Waals surface area contributed by atoms with Crippen LogP contribution in [-0.4, -0.2) is 26.5 Å². The fourth-order valence-electron chi connectivity index (χ4n) is 3.12. The highest BCUT2D eigenvalue weighted by Gasteiger charge is 2.21. The molecular formula is C18H23N3O2. The molecule has 1 aromatic heterocycles. The number of nitrogens with zero attached hydrogens (tertiary/aromatic N) is 2. The number of rotatable bonds is 4. The van der Waals surface area contributed by atoms with Crippen molar-refractivity contribution < 1.29 is 5.11 Å². The summed E-state index contributed by atoms with van der Waals surface area (Å²) in [6.07, 6.45) is 2.46. The molecular weight excluding hydrogens is 290 g/mol. The SMILES string of the molecule is CCCc1nc2c(c(=O)[nH]1)CCN(Cc1cc(C)ccc1O)C2. The maximum atomic E-state index is 12.2. The van der Waals surface area contributed by atoms with Crippen LogP contribution in [0.3, 0.4) is 0 Å². The number of aryl methyl sites for hydroxylation is 2. The Hall–Kier alpha value is -2.14. The van der Waals surface area contributed by atoms with Crippen LogP contribution < -0.4 is 5.56 Å². The minimum atomic E-state index is 0.0107. The molecule has 1 aromatic carbocycles. The average molecular weight is 313 g/mol. The molecule has 2 heterocycles. The summed E-state index contributed by atoms with van der Waals surface area (Å²) in [5.74, 6) is 1.10. The van der Waals surface area contributed by atoms with Crippen molar-refractivity contribution in [3.63, 3.8) is 0 Å². The monoisotopic (exact) mass is 313 g/mol. The van der Waals surface area contributed by atoms with Gasteiger partial charge in [-0.1, -0.05) is 24.6 Å². The van der Waals surface area contributed by atoms with Gasteiger partial charge in [-0.2, -0.15) is 0 Å². The highest BCUT2D eigenvalue weighted by atomic mass is 16.3. The summed E-state index contributed by atoms with van der Waals surface area (Å²) in [5.41, 5.74) is 3.77. The second kappa shape index (κ2) is 6.54. The van der Waals surface area contributed by atoms with E-state index in [4.69, 9.17) is 0 Å². The molecule has 0 atom stereocenters. The molecule has 0 spiro atoms. The molecule has 0 fully saturated rings. The third-order valence-electron chi connectivity index (χ3n) is 4.32. The van der Waals surface area contributed by atoms with Crippen LogP contribution in [0.1, 0.15) is 41.6 Å². The number of aromatic nitrogens is 2. The zero-order valence-electron chi connectivity index (χ0n) is 13.7. The molecule has 122 valence electrons. The fraction of sp³-hybridized carbons (Fsp3) is 0.444. The highest BCUT2D eigenvalue weighted by molar-refractivity contribution is 5.35. The van der Waals surface area contributed by atoms with E-state index in [0.29, 0.717) is 25.3 Å². The Morgan fingerprint density at radius 2 is 2.22 bits per heavy atom. The van der Waals surface area contributed by atoms with Crippen LogP contribution in [0.15, 0.2) is 23.0 Å². The molecule has 5 heteroatoms. The van der Waals surface area contributed by atoms with Gasteiger partial charge in [-0.25, -0.2) is 4.98 Å². The maximum absolute atomic E-state index is 12.2. The Bertz CT molecular complexity index is 767. The summed E-state index contributed by atoms with van der Waals surface area (Å²) in [6.45, 7) is 6.23. The molecule has 1 aliphatic rings. The van der Waals surface area contributed by atoms with Crippen molar-refractivity contribution in [3.05, 3.63) is 56.8 Å². The van der Waals surface area contributed by atoms with Gasteiger partial charge in [0.1, 0.15) is 11.6 Å². The van der Waals surface area contributed by atoms with Gasteiger partial charge in [-0.15, -0.1) is 0 Å². The molecule has 23 heavy (non-hydrogen) atoms. The van der Waals surface area contributed by atoms with Gasteiger partial charge in [0.15, 0.2) is 0 Å². The van der Waals surface area contributed by atoms with Crippen molar-refractivity contribution in [2.45, 2.75) is 46.2 Å². The normalized spacial score (nSPS) is 14.7. The van der Waals surface area contributed by atoms with Gasteiger partial charge in [-0.05, 0) is 25.8 Å². The Labute approximate surface area is 136 Å². The van der Waals surface area contributed by atoms with E-state index in [9.17, 15) is 9.90 Å². The topological polar surface area (TPSA) is 69.2 Å². The number of aromatic amines is 1. The van der Waals surface area contributed by atoms with Crippen molar-refractivity contribution in [1.29, 1.82) is 0 Å². The number of fused-ring (bicyclic) bond motifs is 1. The lowest BCUT2D eigenvalue weighted by atomic mass is 10.0. The van der Waals surface area contributed by atoms with Crippen LogP contribution in [-0.2, 0) is 25.9 Å². The van der Waals surface area contributed by atoms with E-state index >= 15 is 0 Å². The fourth-order valence-corrected chi connectivity index (χ4v) is 3.12. The van der Waals surface area contributed by atoms with Crippen molar-refractivity contribution in [2.75, 3.05) is 6.54 Å². The molecule has 1 aliphatic heterocycles. The van der Waals surface area contributed by atoms with E-state index in [2.05, 4.69) is 21.8 Å². The Morgan fingerprint density at radius 3 is 3.00 bits per heavy atom. The molecule has 0 aliphatic carbocycles. The van der Waals surface area contributed by atoms with Gasteiger partial charge in [0.2, 0.25) is 0 Å².